The van der Waals surface area contributed by atoms with Crippen molar-refractivity contribution in [3.63, 3.8) is 0 Å². The number of nitrogens with zero attached hydrogens (tertiary/aromatic N) is 6. The van der Waals surface area contributed by atoms with Gasteiger partial charge in [0.15, 0.2) is 6.19 Å². The Kier molecular flexibility index (Phi) is 35.5. The van der Waals surface area contributed by atoms with Crippen molar-refractivity contribution in [2.45, 2.75) is 148 Å². The van der Waals surface area contributed by atoms with Crippen LogP contribution < -0.4 is 35.3 Å². The highest BCUT2D eigenvalue weighted by Crippen LogP contribution is 2.45. The van der Waals surface area contributed by atoms with E-state index in [1.165, 1.54) is 64.7 Å². The summed E-state index contributed by atoms with van der Waals surface area (Å²) in [7, 11) is 2.82. The molecule has 0 aliphatic carbocycles. The first kappa shape index (κ1) is 95.7. The van der Waals surface area contributed by atoms with Crippen LogP contribution >= 0.6 is 23.2 Å². The van der Waals surface area contributed by atoms with Crippen LogP contribution in [-0.2, 0) is 50.1 Å². The smallest absolute Gasteiger partial charge is 0.416 e. The van der Waals surface area contributed by atoms with Crippen LogP contribution in [0.5, 0.6) is 23.0 Å². The summed E-state index contributed by atoms with van der Waals surface area (Å²) in [6.45, 7) is 20.2. The van der Waals surface area contributed by atoms with Crippen molar-refractivity contribution >= 4 is 35.2 Å². The van der Waals surface area contributed by atoms with Gasteiger partial charge in [-0.15, -0.1) is 23.2 Å². The molecule has 0 aromatic heterocycles. The van der Waals surface area contributed by atoms with Gasteiger partial charge in [0.1, 0.15) is 23.0 Å². The van der Waals surface area contributed by atoms with Crippen LogP contribution in [0.15, 0.2) is 180 Å². The molecule has 1 aliphatic rings. The lowest BCUT2D eigenvalue weighted by Gasteiger charge is -2.29. The number of halogens is 20. The zero-order chi connectivity index (χ0) is 86.1. The van der Waals surface area contributed by atoms with Gasteiger partial charge in [0.2, 0.25) is 12.2 Å². The average Bonchev–Trinajstić information content (AvgIpc) is 1.67. The number of rotatable bonds is 20. The lowest BCUT2D eigenvalue weighted by atomic mass is 9.92. The monoisotopic (exact) mass is 1670 g/mol. The van der Waals surface area contributed by atoms with Gasteiger partial charge in [0.25, 0.3) is 0 Å². The number of hydrogen-bond donors (Lipinski definition) is 3. The Morgan fingerprint density at radius 1 is 0.513 bits per heavy atom. The minimum absolute atomic E-state index is 0.00188. The molecular formula is C82H85Cl2F18N9O4. The van der Waals surface area contributed by atoms with E-state index in [4.69, 9.17) is 53.1 Å². The summed E-state index contributed by atoms with van der Waals surface area (Å²) < 4.78 is 265. The largest absolute Gasteiger partial charge is 0.496 e. The number of hydrogen-bond acceptors (Lipinski definition) is 13. The molecule has 0 unspecified atom stereocenters. The van der Waals surface area contributed by atoms with Gasteiger partial charge < -0.3 is 39.8 Å². The van der Waals surface area contributed by atoms with E-state index < -0.39 is 106 Å². The molecule has 0 radical (unpaired) electrons. The number of para-hydroxylation sites is 2. The fourth-order valence-corrected chi connectivity index (χ4v) is 11.5. The second kappa shape index (κ2) is 42.6. The van der Waals surface area contributed by atoms with Crippen molar-refractivity contribution in [2.75, 3.05) is 45.6 Å². The second-order valence-electron chi connectivity index (χ2n) is 26.2. The van der Waals surface area contributed by atoms with E-state index >= 15 is 0 Å². The van der Waals surface area contributed by atoms with Crippen molar-refractivity contribution in [1.29, 1.82) is 10.5 Å². The summed E-state index contributed by atoms with van der Waals surface area (Å²) >= 11 is 10.1. The summed E-state index contributed by atoms with van der Waals surface area (Å²) in [5, 5.41) is 23.1. The van der Waals surface area contributed by atoms with Gasteiger partial charge in [0.05, 0.1) is 59.7 Å². The van der Waals surface area contributed by atoms with Crippen molar-refractivity contribution in [1.82, 2.24) is 20.4 Å². The molecule has 9 rings (SSSR count). The summed E-state index contributed by atoms with van der Waals surface area (Å²) in [6, 6.07) is 32.4. The molecule has 13 nitrogen and oxygen atoms in total. The summed E-state index contributed by atoms with van der Waals surface area (Å²) in [5.74, 6) is 2.92. The number of nitrogens with two attached hydrogens (primary N) is 1. The van der Waals surface area contributed by atoms with Crippen LogP contribution in [0.4, 0.5) is 79.0 Å². The molecule has 8 aromatic carbocycles. The molecule has 0 bridgehead atoms. The first-order valence-corrected chi connectivity index (χ1v) is 36.5. The van der Waals surface area contributed by atoms with Crippen molar-refractivity contribution < 1.29 is 98.0 Å². The predicted octanol–water partition coefficient (Wildman–Crippen LogP) is 23.4. The Hall–Kier alpha value is -9.92. The maximum atomic E-state index is 13.9. The van der Waals surface area contributed by atoms with E-state index in [0.29, 0.717) is 81.3 Å². The van der Waals surface area contributed by atoms with E-state index in [0.717, 1.165) is 35.4 Å². The van der Waals surface area contributed by atoms with Crippen LogP contribution in [0.3, 0.4) is 0 Å². The Morgan fingerprint density at radius 2 is 0.904 bits per heavy atom. The normalized spacial score (nSPS) is 14.2. The molecule has 0 saturated heterocycles. The number of methoxy groups -OCH3 is 2. The third kappa shape index (κ3) is 28.2. The van der Waals surface area contributed by atoms with Crippen LogP contribution in [0.2, 0.25) is 0 Å². The Labute approximate surface area is 665 Å². The number of benzene rings is 8. The predicted molar refractivity (Wildman–Crippen MR) is 407 cm³/mol. The average molecular weight is 1670 g/mol. The molecule has 0 spiro atoms. The fourth-order valence-electron chi connectivity index (χ4n) is 11.5. The highest BCUT2D eigenvalue weighted by molar-refractivity contribution is 6.26. The quantitative estimate of drug-likeness (QED) is 0.0166. The van der Waals surface area contributed by atoms with Crippen molar-refractivity contribution in [3.05, 3.63) is 237 Å². The molecule has 4 N–H and O–H groups in total. The first-order valence-electron chi connectivity index (χ1n) is 35.4. The van der Waals surface area contributed by atoms with Gasteiger partial charge >= 0.3 is 43.1 Å². The van der Waals surface area contributed by atoms with Gasteiger partial charge in [0, 0.05) is 48.1 Å². The van der Waals surface area contributed by atoms with Crippen molar-refractivity contribution in [2.24, 2.45) is 15.7 Å². The Bertz CT molecular complexity index is 4460. The summed E-state index contributed by atoms with van der Waals surface area (Å²) in [5.41, 5.74) is 0.985. The molecule has 0 amide bonds. The van der Waals surface area contributed by atoms with E-state index in [2.05, 4.69) is 46.3 Å². The fraction of sp³-hybridized carbons (Fsp3) is 0.366. The third-order valence-electron chi connectivity index (χ3n) is 17.8. The number of alkyl halides is 20. The molecule has 622 valence electrons. The molecule has 33 heteroatoms. The van der Waals surface area contributed by atoms with Gasteiger partial charge in [-0.25, -0.2) is 4.99 Å². The van der Waals surface area contributed by atoms with E-state index in [9.17, 15) is 84.3 Å². The maximum Gasteiger partial charge on any atom is 0.416 e. The van der Waals surface area contributed by atoms with Crippen molar-refractivity contribution in [3.8, 4) is 57.6 Å². The minimum Gasteiger partial charge on any atom is -0.496 e. The van der Waals surface area contributed by atoms with Crippen LogP contribution in [0.1, 0.15) is 153 Å². The number of nitrogens with one attached hydrogen (secondary N) is 2. The molecule has 0 fully saturated rings. The maximum absolute atomic E-state index is 13.9. The Balaban J connectivity index is 0.000000306. The summed E-state index contributed by atoms with van der Waals surface area (Å²) in [4.78, 5) is 11.4. The SMILES string of the molecule is CCN(CC)CC.COc1ccc(C(C)C)cc1-c1ccc(C(F)(F)F)cc1CN1C(NC#N)=N[C@H](c2cc(C(F)(F)F)cc(C(F)(F)F)c2)[C@@H]1C.COc1ccc(C(C)C)cc1-c1ccc(C(F)(F)F)cc1CN[C@@H](C)[C@H](N)c1cc(C(F)(F)F)cc(C(F)(F)F)c1.ClCCCl.N#CN=C(Oc1ccccc1)Oc1ccccc1. The van der Waals surface area contributed by atoms with Crippen LogP contribution in [0.25, 0.3) is 22.3 Å². The van der Waals surface area contributed by atoms with Crippen LogP contribution in [0, 0.1) is 22.9 Å². The molecule has 1 aliphatic heterocycles. The van der Waals surface area contributed by atoms with E-state index in [-0.39, 0.29) is 60.2 Å². The molecule has 1 heterocycles. The van der Waals surface area contributed by atoms with Gasteiger partial charge in [-0.1, -0.05) is 114 Å². The lowest BCUT2D eigenvalue weighted by Crippen LogP contribution is -2.40. The highest BCUT2D eigenvalue weighted by atomic mass is 35.5. The number of guanidine groups is 1. The topological polar surface area (TPSA) is 166 Å². The van der Waals surface area contributed by atoms with Gasteiger partial charge in [-0.2, -0.15) is 89.6 Å². The Morgan fingerprint density at radius 3 is 1.25 bits per heavy atom. The number of ether oxygens (including phenoxy) is 4. The third-order valence-corrected chi connectivity index (χ3v) is 18.3. The molecular weight excluding hydrogens is 1590 g/mol. The zero-order valence-electron chi connectivity index (χ0n) is 64.0. The number of nitriles is 2. The zero-order valence-corrected chi connectivity index (χ0v) is 65.5. The first-order chi connectivity index (χ1) is 53.8. The molecule has 4 atom stereocenters. The van der Waals surface area contributed by atoms with E-state index in [1.54, 1.807) is 60.9 Å². The summed E-state index contributed by atoms with van der Waals surface area (Å²) in [6.07, 6.45) is -26.5. The van der Waals surface area contributed by atoms with E-state index in [1.807, 2.05) is 76.2 Å². The number of aliphatic imine (C=N–C) groups is 2. The highest BCUT2D eigenvalue weighted by Gasteiger charge is 2.43. The van der Waals surface area contributed by atoms with Gasteiger partial charge in [-0.05, 0) is 199 Å². The lowest BCUT2D eigenvalue weighted by molar-refractivity contribution is -0.144. The van der Waals surface area contributed by atoms with Crippen LogP contribution in [-0.4, -0.2) is 79.5 Å². The molecule has 8 aromatic rings. The molecule has 115 heavy (non-hydrogen) atoms. The minimum atomic E-state index is -5.11. The molecule has 0 saturated carbocycles. The second-order valence-corrected chi connectivity index (χ2v) is 26.9. The standard InChI is InChI=1S/C31H27F9N4O.C29H29F9N2O.C14H10N2O2.C6H15N.C2H4Cl2/c1-16(2)18-5-8-26(45-4)25(12-18)24-7-6-21(29(32,33)34)11-20(24)14-44-17(3)27(43-28(44)42-15-41)19-9-22(30(35,36)37)13-23(10-19)31(38,39)40;1-15(2)17-5-8-25(41-4)24(12-17)23-7-6-20(27(30,31)32)11-19(23)14-40-16(3)26(39)18-9-21(28(33,34)35)13-22(10-18)29(36,37)38;15-11-16-14(17-12-7-3-1-4-8-12)18-13-9-5-2-6-10-13;1-4-7(5-2)6-3;3-1-2-4/h5-13,16-17,27H,14H2,1-4H3,(H,42,43);5-13,15-16,26,40H,14,39H2,1-4H3;1-10H;4-6H2,1-3H3;1-2H2/t17-,27-;16-,26-;;;/m00.../s1. The van der Waals surface area contributed by atoms with Gasteiger partial charge in [-0.3, -0.25) is 5.32 Å².